The zero-order valence-electron chi connectivity index (χ0n) is 11.2. The van der Waals surface area contributed by atoms with Gasteiger partial charge >= 0.3 is 0 Å². The van der Waals surface area contributed by atoms with Gasteiger partial charge in [-0.2, -0.15) is 0 Å². The summed E-state index contributed by atoms with van der Waals surface area (Å²) in [6.07, 6.45) is 7.01. The molecule has 1 N–H and O–H groups in total. The maximum absolute atomic E-state index is 10.5. The van der Waals surface area contributed by atoms with Gasteiger partial charge in [0.25, 0.3) is 0 Å². The number of fused-ring (bicyclic) bond motifs is 1. The van der Waals surface area contributed by atoms with Crippen molar-refractivity contribution in [2.24, 2.45) is 23.7 Å². The number of rotatable bonds is 1. The molecule has 2 rings (SSSR count). The van der Waals surface area contributed by atoms with Gasteiger partial charge in [0, 0.05) is 0 Å². The normalized spacial score (nSPS) is 44.1. The summed E-state index contributed by atoms with van der Waals surface area (Å²) < 4.78 is 0. The summed E-state index contributed by atoms with van der Waals surface area (Å²) in [4.78, 5) is 0. The Morgan fingerprint density at radius 1 is 1.38 bits per heavy atom. The van der Waals surface area contributed by atoms with Gasteiger partial charge in [-0.05, 0) is 63.2 Å². The average molecular weight is 222 g/mol. The van der Waals surface area contributed by atoms with Crippen molar-refractivity contribution in [2.75, 3.05) is 0 Å². The molecule has 0 amide bonds. The van der Waals surface area contributed by atoms with E-state index in [0.717, 1.165) is 18.3 Å². The molecule has 0 aromatic heterocycles. The van der Waals surface area contributed by atoms with Gasteiger partial charge < -0.3 is 5.11 Å². The number of hydrogen-bond acceptors (Lipinski definition) is 1. The van der Waals surface area contributed by atoms with Crippen LogP contribution in [0.3, 0.4) is 0 Å². The maximum Gasteiger partial charge on any atom is 0.0653 e. The number of allylic oxidation sites excluding steroid dienone is 2. The fourth-order valence-electron chi connectivity index (χ4n) is 3.87. The minimum atomic E-state index is -0.423. The summed E-state index contributed by atoms with van der Waals surface area (Å²) in [5, 5.41) is 10.5. The fraction of sp³-hybridized carbons (Fsp3) is 0.867. The Balaban J connectivity index is 2.27. The lowest BCUT2D eigenvalue weighted by Gasteiger charge is -2.49. The Morgan fingerprint density at radius 3 is 2.69 bits per heavy atom. The second-order valence-electron chi connectivity index (χ2n) is 6.54. The standard InChI is InChI=1S/C15H26O/c1-10(2)12-7-8-15(4,16)14-6-5-11(3)9-13(12)14/h9-10,12-14,16H,5-8H2,1-4H3/t12-,13?,14-,15-/m1/s1. The van der Waals surface area contributed by atoms with E-state index in [0.29, 0.717) is 11.8 Å². The zero-order valence-corrected chi connectivity index (χ0v) is 11.2. The molecule has 2 aliphatic carbocycles. The first-order valence-corrected chi connectivity index (χ1v) is 6.81. The summed E-state index contributed by atoms with van der Waals surface area (Å²) in [7, 11) is 0. The van der Waals surface area contributed by atoms with E-state index in [1.54, 1.807) is 0 Å². The molecule has 1 unspecified atom stereocenters. The van der Waals surface area contributed by atoms with E-state index in [1.165, 1.54) is 24.8 Å². The predicted octanol–water partition coefficient (Wildman–Crippen LogP) is 3.78. The van der Waals surface area contributed by atoms with E-state index in [-0.39, 0.29) is 0 Å². The van der Waals surface area contributed by atoms with Crippen molar-refractivity contribution in [3.05, 3.63) is 11.6 Å². The Hall–Kier alpha value is -0.300. The van der Waals surface area contributed by atoms with Crippen molar-refractivity contribution in [2.45, 2.75) is 59.0 Å². The third-order valence-corrected chi connectivity index (χ3v) is 4.92. The lowest BCUT2D eigenvalue weighted by Crippen LogP contribution is -2.48. The van der Waals surface area contributed by atoms with Crippen molar-refractivity contribution >= 4 is 0 Å². The molecule has 0 aromatic carbocycles. The molecule has 0 saturated heterocycles. The summed E-state index contributed by atoms with van der Waals surface area (Å²) in [6, 6.07) is 0. The zero-order chi connectivity index (χ0) is 11.9. The molecule has 0 heterocycles. The Labute approximate surface area is 99.9 Å². The van der Waals surface area contributed by atoms with Crippen LogP contribution in [0.4, 0.5) is 0 Å². The predicted molar refractivity (Wildman–Crippen MR) is 68.2 cm³/mol. The molecule has 1 fully saturated rings. The smallest absolute Gasteiger partial charge is 0.0653 e. The largest absolute Gasteiger partial charge is 0.390 e. The van der Waals surface area contributed by atoms with Gasteiger partial charge in [0.05, 0.1) is 5.60 Å². The lowest BCUT2D eigenvalue weighted by atomic mass is 9.58. The quantitative estimate of drug-likeness (QED) is 0.669. The van der Waals surface area contributed by atoms with Gasteiger partial charge in [0.15, 0.2) is 0 Å². The molecule has 0 spiro atoms. The van der Waals surface area contributed by atoms with Crippen molar-refractivity contribution in [1.82, 2.24) is 0 Å². The van der Waals surface area contributed by atoms with Crippen molar-refractivity contribution in [1.29, 1.82) is 0 Å². The molecule has 0 aliphatic heterocycles. The molecule has 0 bridgehead atoms. The van der Waals surface area contributed by atoms with E-state index in [9.17, 15) is 5.11 Å². The Morgan fingerprint density at radius 2 is 2.06 bits per heavy atom. The summed E-state index contributed by atoms with van der Waals surface area (Å²) in [6.45, 7) is 8.96. The maximum atomic E-state index is 10.5. The van der Waals surface area contributed by atoms with Gasteiger partial charge in [0.2, 0.25) is 0 Å². The molecule has 2 aliphatic rings. The first-order chi connectivity index (χ1) is 7.42. The highest BCUT2D eigenvalue weighted by molar-refractivity contribution is 5.13. The minimum absolute atomic E-state index is 0.423. The first-order valence-electron chi connectivity index (χ1n) is 6.81. The van der Waals surface area contributed by atoms with Crippen LogP contribution in [0.15, 0.2) is 11.6 Å². The summed E-state index contributed by atoms with van der Waals surface area (Å²) in [5.41, 5.74) is 1.11. The molecule has 4 atom stereocenters. The average Bonchev–Trinajstić information content (AvgIpc) is 2.16. The van der Waals surface area contributed by atoms with Crippen LogP contribution in [0.25, 0.3) is 0 Å². The molecule has 92 valence electrons. The van der Waals surface area contributed by atoms with Crippen LogP contribution < -0.4 is 0 Å². The molecule has 0 radical (unpaired) electrons. The van der Waals surface area contributed by atoms with Gasteiger partial charge in [-0.15, -0.1) is 0 Å². The van der Waals surface area contributed by atoms with Crippen LogP contribution in [0.5, 0.6) is 0 Å². The molecular weight excluding hydrogens is 196 g/mol. The number of hydrogen-bond donors (Lipinski definition) is 1. The van der Waals surface area contributed by atoms with Crippen LogP contribution in [0.1, 0.15) is 53.4 Å². The first kappa shape index (κ1) is 12.2. The monoisotopic (exact) mass is 222 g/mol. The summed E-state index contributed by atoms with van der Waals surface area (Å²) >= 11 is 0. The highest BCUT2D eigenvalue weighted by Crippen LogP contribution is 2.49. The van der Waals surface area contributed by atoms with Crippen LogP contribution >= 0.6 is 0 Å². The van der Waals surface area contributed by atoms with Crippen LogP contribution in [0.2, 0.25) is 0 Å². The third-order valence-electron chi connectivity index (χ3n) is 4.92. The van der Waals surface area contributed by atoms with E-state index in [4.69, 9.17) is 0 Å². The van der Waals surface area contributed by atoms with Gasteiger partial charge in [-0.1, -0.05) is 25.5 Å². The molecule has 16 heavy (non-hydrogen) atoms. The minimum Gasteiger partial charge on any atom is -0.390 e. The lowest BCUT2D eigenvalue weighted by molar-refractivity contribution is -0.0807. The van der Waals surface area contributed by atoms with Crippen LogP contribution in [-0.2, 0) is 0 Å². The highest BCUT2D eigenvalue weighted by atomic mass is 16.3. The van der Waals surface area contributed by atoms with Crippen LogP contribution in [-0.4, -0.2) is 10.7 Å². The van der Waals surface area contributed by atoms with E-state index in [1.807, 2.05) is 0 Å². The third kappa shape index (κ3) is 2.07. The van der Waals surface area contributed by atoms with Gasteiger partial charge in [-0.3, -0.25) is 0 Å². The van der Waals surface area contributed by atoms with E-state index >= 15 is 0 Å². The van der Waals surface area contributed by atoms with Gasteiger partial charge in [-0.25, -0.2) is 0 Å². The van der Waals surface area contributed by atoms with Crippen LogP contribution in [0, 0.1) is 23.7 Å². The van der Waals surface area contributed by atoms with Crippen molar-refractivity contribution < 1.29 is 5.11 Å². The highest BCUT2D eigenvalue weighted by Gasteiger charge is 2.46. The molecule has 0 aromatic rings. The molecule has 1 saturated carbocycles. The molecular formula is C15H26O. The topological polar surface area (TPSA) is 20.2 Å². The van der Waals surface area contributed by atoms with Crippen molar-refractivity contribution in [3.63, 3.8) is 0 Å². The molecule has 1 nitrogen and oxygen atoms in total. The summed E-state index contributed by atoms with van der Waals surface area (Å²) in [5.74, 6) is 2.64. The van der Waals surface area contributed by atoms with E-state index in [2.05, 4.69) is 33.8 Å². The second kappa shape index (κ2) is 4.18. The Kier molecular flexibility index (Phi) is 3.18. The molecule has 1 heteroatoms. The second-order valence-corrected chi connectivity index (χ2v) is 6.54. The number of aliphatic hydroxyl groups is 1. The Bertz CT molecular complexity index is 288. The van der Waals surface area contributed by atoms with E-state index < -0.39 is 5.60 Å². The fourth-order valence-corrected chi connectivity index (χ4v) is 3.87. The van der Waals surface area contributed by atoms with Gasteiger partial charge in [0.1, 0.15) is 0 Å². The SMILES string of the molecule is CC1=CC2[C@@H](C(C)C)CC[C@@](C)(O)[C@@H]2CC1. The van der Waals surface area contributed by atoms with Crippen molar-refractivity contribution in [3.8, 4) is 0 Å².